The first kappa shape index (κ1) is 20.7. The molecule has 2 rings (SSSR count). The summed E-state index contributed by atoms with van der Waals surface area (Å²) >= 11 is 0. The van der Waals surface area contributed by atoms with Gasteiger partial charge in [-0.3, -0.25) is 9.10 Å². The molecule has 0 fully saturated rings. The van der Waals surface area contributed by atoms with Gasteiger partial charge in [0.1, 0.15) is 6.54 Å². The van der Waals surface area contributed by atoms with Crippen molar-refractivity contribution >= 4 is 21.6 Å². The van der Waals surface area contributed by atoms with Gasteiger partial charge in [-0.15, -0.1) is 0 Å². The minimum Gasteiger partial charge on any atom is -0.368 e. The molecule has 0 aliphatic heterocycles. The van der Waals surface area contributed by atoms with Crippen molar-refractivity contribution < 1.29 is 13.2 Å². The molecule has 0 bridgehead atoms. The first-order chi connectivity index (χ1) is 12.7. The molecule has 0 aromatic heterocycles. The van der Waals surface area contributed by atoms with E-state index in [0.717, 1.165) is 21.0 Å². The molecule has 27 heavy (non-hydrogen) atoms. The number of rotatable bonds is 7. The summed E-state index contributed by atoms with van der Waals surface area (Å²) in [7, 11) is -3.94. The Balaban J connectivity index is 2.67. The standard InChI is InChI=1S/C21H26N2O3S/c1-5-6-17(4)19-13-16(3)9-12-20(19)23(14-21(22)24)27(25,26)18-10-7-15(2)8-11-18/h5-13,17H,14H2,1-4H3,(H2,22,24)/b6-5+. The molecule has 0 spiro atoms. The molecular formula is C21H26N2O3S. The quantitative estimate of drug-likeness (QED) is 0.737. The number of nitrogens with two attached hydrogens (primary N) is 1. The number of sulfonamides is 1. The van der Waals surface area contributed by atoms with E-state index < -0.39 is 22.5 Å². The Morgan fingerprint density at radius 3 is 2.26 bits per heavy atom. The van der Waals surface area contributed by atoms with Gasteiger partial charge < -0.3 is 5.73 Å². The van der Waals surface area contributed by atoms with Crippen LogP contribution in [0.4, 0.5) is 5.69 Å². The third-order valence-electron chi connectivity index (χ3n) is 4.33. The van der Waals surface area contributed by atoms with E-state index in [-0.39, 0.29) is 10.8 Å². The van der Waals surface area contributed by atoms with Crippen LogP contribution in [0.15, 0.2) is 59.5 Å². The lowest BCUT2D eigenvalue weighted by Gasteiger charge is -2.27. The fraction of sp³-hybridized carbons (Fsp3) is 0.286. The SMILES string of the molecule is C/C=C/C(C)c1cc(C)ccc1N(CC(N)=O)S(=O)(=O)c1ccc(C)cc1. The molecule has 0 saturated carbocycles. The van der Waals surface area contributed by atoms with Crippen molar-refractivity contribution in [1.29, 1.82) is 0 Å². The van der Waals surface area contributed by atoms with Crippen LogP contribution in [0.1, 0.15) is 36.5 Å². The maximum atomic E-state index is 13.3. The van der Waals surface area contributed by atoms with E-state index in [0.29, 0.717) is 5.69 Å². The number of nitrogens with zero attached hydrogens (tertiary/aromatic N) is 1. The molecule has 0 aliphatic rings. The zero-order valence-corrected chi connectivity index (χ0v) is 17.0. The normalized spacial score (nSPS) is 12.9. The van der Waals surface area contributed by atoms with Gasteiger partial charge in [0.25, 0.3) is 10.0 Å². The van der Waals surface area contributed by atoms with E-state index in [1.807, 2.05) is 52.0 Å². The molecule has 1 unspecified atom stereocenters. The zero-order chi connectivity index (χ0) is 20.2. The van der Waals surface area contributed by atoms with Crippen molar-refractivity contribution in [3.63, 3.8) is 0 Å². The Morgan fingerprint density at radius 1 is 1.11 bits per heavy atom. The van der Waals surface area contributed by atoms with Gasteiger partial charge in [0, 0.05) is 5.92 Å². The summed E-state index contributed by atoms with van der Waals surface area (Å²) in [4.78, 5) is 11.8. The molecule has 0 aliphatic carbocycles. The highest BCUT2D eigenvalue weighted by atomic mass is 32.2. The minimum atomic E-state index is -3.94. The fourth-order valence-electron chi connectivity index (χ4n) is 2.94. The molecule has 144 valence electrons. The molecule has 1 amide bonds. The lowest BCUT2D eigenvalue weighted by molar-refractivity contribution is -0.116. The molecule has 2 aromatic carbocycles. The van der Waals surface area contributed by atoms with E-state index in [4.69, 9.17) is 5.73 Å². The summed E-state index contributed by atoms with van der Waals surface area (Å²) in [5.74, 6) is -0.732. The van der Waals surface area contributed by atoms with Crippen LogP contribution in [0.25, 0.3) is 0 Å². The van der Waals surface area contributed by atoms with Crippen LogP contribution in [-0.4, -0.2) is 20.9 Å². The van der Waals surface area contributed by atoms with Crippen LogP contribution in [0, 0.1) is 13.8 Å². The van der Waals surface area contributed by atoms with Gasteiger partial charge in [-0.1, -0.05) is 54.5 Å². The van der Waals surface area contributed by atoms with E-state index >= 15 is 0 Å². The van der Waals surface area contributed by atoms with Crippen LogP contribution in [-0.2, 0) is 14.8 Å². The Kier molecular flexibility index (Phi) is 6.44. The number of hydrogen-bond acceptors (Lipinski definition) is 3. The average Bonchev–Trinajstić information content (AvgIpc) is 2.60. The Bertz CT molecular complexity index is 948. The molecule has 0 saturated heterocycles. The average molecular weight is 387 g/mol. The van der Waals surface area contributed by atoms with Crippen LogP contribution in [0.2, 0.25) is 0 Å². The van der Waals surface area contributed by atoms with Crippen LogP contribution >= 0.6 is 0 Å². The van der Waals surface area contributed by atoms with Crippen molar-refractivity contribution in [3.05, 3.63) is 71.3 Å². The molecule has 0 heterocycles. The fourth-order valence-corrected chi connectivity index (χ4v) is 4.39. The van der Waals surface area contributed by atoms with Crippen molar-refractivity contribution in [3.8, 4) is 0 Å². The van der Waals surface area contributed by atoms with Gasteiger partial charge in [-0.05, 0) is 44.5 Å². The number of carbonyl (C=O) groups is 1. The number of primary amides is 1. The highest BCUT2D eigenvalue weighted by molar-refractivity contribution is 7.92. The lowest BCUT2D eigenvalue weighted by atomic mass is 9.96. The summed E-state index contributed by atoms with van der Waals surface area (Å²) in [6, 6.07) is 12.1. The number of anilines is 1. The van der Waals surface area contributed by atoms with Gasteiger partial charge in [-0.2, -0.15) is 0 Å². The maximum Gasteiger partial charge on any atom is 0.264 e. The van der Waals surface area contributed by atoms with Gasteiger partial charge in [0.15, 0.2) is 0 Å². The largest absolute Gasteiger partial charge is 0.368 e. The Morgan fingerprint density at radius 2 is 1.70 bits per heavy atom. The van der Waals surface area contributed by atoms with E-state index in [1.165, 1.54) is 0 Å². The molecule has 1 atom stereocenters. The summed E-state index contributed by atoms with van der Waals surface area (Å²) in [5.41, 5.74) is 8.64. The van der Waals surface area contributed by atoms with Crippen LogP contribution in [0.3, 0.4) is 0 Å². The number of aryl methyl sites for hydroxylation is 2. The second kappa shape index (κ2) is 8.39. The second-order valence-corrected chi connectivity index (χ2v) is 8.53. The van der Waals surface area contributed by atoms with Gasteiger partial charge in [0.2, 0.25) is 5.91 Å². The van der Waals surface area contributed by atoms with Crippen molar-refractivity contribution in [2.45, 2.75) is 38.5 Å². The topological polar surface area (TPSA) is 80.5 Å². The number of hydrogen-bond donors (Lipinski definition) is 1. The molecule has 0 radical (unpaired) electrons. The lowest BCUT2D eigenvalue weighted by Crippen LogP contribution is -2.39. The summed E-state index contributed by atoms with van der Waals surface area (Å²) in [6.07, 6.45) is 3.91. The molecule has 5 nitrogen and oxygen atoms in total. The highest BCUT2D eigenvalue weighted by Crippen LogP contribution is 2.33. The Hall–Kier alpha value is -2.60. The predicted molar refractivity (Wildman–Crippen MR) is 109 cm³/mol. The zero-order valence-electron chi connectivity index (χ0n) is 16.1. The van der Waals surface area contributed by atoms with E-state index in [2.05, 4.69) is 0 Å². The van der Waals surface area contributed by atoms with Gasteiger partial charge >= 0.3 is 0 Å². The van der Waals surface area contributed by atoms with Crippen LogP contribution in [0.5, 0.6) is 0 Å². The van der Waals surface area contributed by atoms with Crippen LogP contribution < -0.4 is 10.0 Å². The smallest absolute Gasteiger partial charge is 0.264 e. The summed E-state index contributed by atoms with van der Waals surface area (Å²) < 4.78 is 27.7. The van der Waals surface area contributed by atoms with Crippen molar-refractivity contribution in [2.24, 2.45) is 5.73 Å². The summed E-state index contributed by atoms with van der Waals surface area (Å²) in [6.45, 7) is 7.31. The van der Waals surface area contributed by atoms with E-state index in [9.17, 15) is 13.2 Å². The first-order valence-electron chi connectivity index (χ1n) is 8.78. The molecular weight excluding hydrogens is 360 g/mol. The highest BCUT2D eigenvalue weighted by Gasteiger charge is 2.29. The number of amides is 1. The summed E-state index contributed by atoms with van der Waals surface area (Å²) in [5, 5.41) is 0. The monoisotopic (exact) mass is 386 g/mol. The predicted octanol–water partition coefficient (Wildman–Crippen LogP) is 3.66. The maximum absolute atomic E-state index is 13.3. The third-order valence-corrected chi connectivity index (χ3v) is 6.11. The molecule has 2 N–H and O–H groups in total. The van der Waals surface area contributed by atoms with Crippen molar-refractivity contribution in [1.82, 2.24) is 0 Å². The second-order valence-electron chi connectivity index (χ2n) is 6.67. The molecule has 2 aromatic rings. The van der Waals surface area contributed by atoms with Gasteiger partial charge in [0.05, 0.1) is 10.6 Å². The number of allylic oxidation sites excluding steroid dienone is 2. The van der Waals surface area contributed by atoms with Crippen molar-refractivity contribution in [2.75, 3.05) is 10.8 Å². The third kappa shape index (κ3) is 4.77. The van der Waals surface area contributed by atoms with E-state index in [1.54, 1.807) is 30.3 Å². The minimum absolute atomic E-state index is 0.0199. The molecule has 6 heteroatoms. The number of carbonyl (C=O) groups excluding carboxylic acids is 1. The number of benzene rings is 2. The van der Waals surface area contributed by atoms with Gasteiger partial charge in [-0.25, -0.2) is 8.42 Å². The first-order valence-corrected chi connectivity index (χ1v) is 10.2. The Labute approximate surface area is 161 Å².